The van der Waals surface area contributed by atoms with Crippen molar-refractivity contribution in [1.29, 1.82) is 0 Å². The molecule has 0 unspecified atom stereocenters. The zero-order chi connectivity index (χ0) is 17.6. The molecule has 3 aromatic rings. The van der Waals surface area contributed by atoms with Crippen LogP contribution >= 0.6 is 11.6 Å². The minimum absolute atomic E-state index is 0.112. The highest BCUT2D eigenvalue weighted by molar-refractivity contribution is 6.30. The van der Waals surface area contributed by atoms with E-state index in [4.69, 9.17) is 11.6 Å². The topological polar surface area (TPSA) is 71.8 Å². The molecule has 2 heterocycles. The Balaban J connectivity index is 1.51. The van der Waals surface area contributed by atoms with Gasteiger partial charge in [-0.25, -0.2) is 14.8 Å². The van der Waals surface area contributed by atoms with Crippen LogP contribution in [0.4, 0.5) is 4.79 Å². The van der Waals surface area contributed by atoms with Gasteiger partial charge in [-0.2, -0.15) is 0 Å². The second-order valence-corrected chi connectivity index (χ2v) is 6.03. The summed E-state index contributed by atoms with van der Waals surface area (Å²) in [7, 11) is 0. The Morgan fingerprint density at radius 1 is 1.24 bits per heavy atom. The van der Waals surface area contributed by atoms with Crippen LogP contribution in [0.3, 0.4) is 0 Å². The zero-order valence-electron chi connectivity index (χ0n) is 13.7. The van der Waals surface area contributed by atoms with Gasteiger partial charge in [0.15, 0.2) is 0 Å². The van der Waals surface area contributed by atoms with Crippen molar-refractivity contribution < 1.29 is 4.79 Å². The second-order valence-electron chi connectivity index (χ2n) is 5.59. The number of nitrogens with zero attached hydrogens (tertiary/aromatic N) is 3. The van der Waals surface area contributed by atoms with Gasteiger partial charge in [-0.1, -0.05) is 29.8 Å². The molecule has 128 valence electrons. The van der Waals surface area contributed by atoms with Crippen molar-refractivity contribution >= 4 is 17.6 Å². The lowest BCUT2D eigenvalue weighted by Gasteiger charge is -2.15. The fourth-order valence-electron chi connectivity index (χ4n) is 2.33. The Labute approximate surface area is 150 Å². The van der Waals surface area contributed by atoms with E-state index in [9.17, 15) is 4.79 Å². The predicted octanol–water partition coefficient (Wildman–Crippen LogP) is 3.48. The molecule has 0 aliphatic carbocycles. The molecule has 1 atom stereocenters. The molecule has 0 fully saturated rings. The molecule has 0 saturated heterocycles. The van der Waals surface area contributed by atoms with E-state index < -0.39 is 0 Å². The smallest absolute Gasteiger partial charge is 0.315 e. The number of carbonyl (C=O) groups excluding carboxylic acids is 1. The van der Waals surface area contributed by atoms with Crippen molar-refractivity contribution in [3.05, 3.63) is 77.5 Å². The fraction of sp³-hybridized carbons (Fsp3) is 0.167. The Kier molecular flexibility index (Phi) is 5.30. The Bertz CT molecular complexity index is 816. The number of benzene rings is 1. The molecule has 0 aliphatic heterocycles. The first kappa shape index (κ1) is 17.0. The van der Waals surface area contributed by atoms with E-state index in [1.165, 1.54) is 0 Å². The lowest BCUT2D eigenvalue weighted by Crippen LogP contribution is -2.36. The molecular weight excluding hydrogens is 338 g/mol. The third-order valence-corrected chi connectivity index (χ3v) is 4.00. The maximum atomic E-state index is 12.0. The average Bonchev–Trinajstić information content (AvgIpc) is 3.15. The van der Waals surface area contributed by atoms with E-state index in [0.29, 0.717) is 11.6 Å². The molecule has 7 heteroatoms. The lowest BCUT2D eigenvalue weighted by molar-refractivity contribution is 0.237. The van der Waals surface area contributed by atoms with E-state index in [2.05, 4.69) is 20.6 Å². The Morgan fingerprint density at radius 2 is 2.04 bits per heavy atom. The van der Waals surface area contributed by atoms with Crippen molar-refractivity contribution in [2.24, 2.45) is 0 Å². The molecule has 6 nitrogen and oxygen atoms in total. The van der Waals surface area contributed by atoms with Crippen LogP contribution < -0.4 is 10.6 Å². The largest absolute Gasteiger partial charge is 0.334 e. The second kappa shape index (κ2) is 7.81. The van der Waals surface area contributed by atoms with Crippen LogP contribution in [0.2, 0.25) is 5.02 Å². The number of amides is 2. The minimum atomic E-state index is -0.235. The third-order valence-electron chi connectivity index (χ3n) is 3.75. The highest BCUT2D eigenvalue weighted by Gasteiger charge is 2.09. The number of pyridine rings is 1. The summed E-state index contributed by atoms with van der Waals surface area (Å²) in [5.41, 5.74) is 1.91. The lowest BCUT2D eigenvalue weighted by atomic mass is 10.1. The van der Waals surface area contributed by atoms with Gasteiger partial charge in [-0.05, 0) is 36.2 Å². The number of rotatable bonds is 5. The van der Waals surface area contributed by atoms with Crippen molar-refractivity contribution in [1.82, 2.24) is 25.2 Å². The molecular formula is C18H18ClN5O. The Morgan fingerprint density at radius 3 is 2.68 bits per heavy atom. The summed E-state index contributed by atoms with van der Waals surface area (Å²) in [5, 5.41) is 6.40. The van der Waals surface area contributed by atoms with Crippen molar-refractivity contribution in [2.45, 2.75) is 19.5 Å². The number of imidazole rings is 1. The van der Waals surface area contributed by atoms with Gasteiger partial charge in [-0.3, -0.25) is 4.57 Å². The molecule has 1 aromatic carbocycles. The first-order valence-corrected chi connectivity index (χ1v) is 8.23. The van der Waals surface area contributed by atoms with Crippen molar-refractivity contribution in [3.8, 4) is 5.82 Å². The number of halogens is 1. The van der Waals surface area contributed by atoms with Gasteiger partial charge in [-0.15, -0.1) is 0 Å². The number of aromatic nitrogens is 3. The molecule has 0 spiro atoms. The van der Waals surface area contributed by atoms with Crippen LogP contribution in [0.15, 0.2) is 61.3 Å². The van der Waals surface area contributed by atoms with Crippen LogP contribution in [-0.2, 0) is 6.54 Å². The number of hydrogen-bond acceptors (Lipinski definition) is 3. The van der Waals surface area contributed by atoms with Gasteiger partial charge in [0.25, 0.3) is 0 Å². The van der Waals surface area contributed by atoms with Crippen molar-refractivity contribution in [2.75, 3.05) is 0 Å². The fourth-order valence-corrected chi connectivity index (χ4v) is 2.46. The van der Waals surface area contributed by atoms with Gasteiger partial charge >= 0.3 is 6.03 Å². The van der Waals surface area contributed by atoms with Crippen LogP contribution in [-0.4, -0.2) is 20.6 Å². The summed E-state index contributed by atoms with van der Waals surface area (Å²) in [5.74, 6) is 0.780. The predicted molar refractivity (Wildman–Crippen MR) is 96.6 cm³/mol. The first-order chi connectivity index (χ1) is 12.1. The summed E-state index contributed by atoms with van der Waals surface area (Å²) in [6.45, 7) is 2.32. The number of nitrogens with one attached hydrogen (secondary N) is 2. The third kappa shape index (κ3) is 4.58. The zero-order valence-corrected chi connectivity index (χ0v) is 14.4. The maximum Gasteiger partial charge on any atom is 0.315 e. The molecule has 2 N–H and O–H groups in total. The van der Waals surface area contributed by atoms with E-state index in [-0.39, 0.29) is 12.1 Å². The average molecular weight is 356 g/mol. The SMILES string of the molecule is C[C@H](NC(=O)NCc1ccc(-n2ccnc2)nc1)c1ccc(Cl)cc1. The van der Waals surface area contributed by atoms with Crippen molar-refractivity contribution in [3.63, 3.8) is 0 Å². The van der Waals surface area contributed by atoms with Crippen LogP contribution in [0.5, 0.6) is 0 Å². The number of hydrogen-bond donors (Lipinski definition) is 2. The molecule has 0 radical (unpaired) electrons. The Hall–Kier alpha value is -2.86. The standard InChI is InChI=1S/C18H18ClN5O/c1-13(15-3-5-16(19)6-4-15)23-18(25)22-11-14-2-7-17(21-10-14)24-9-8-20-12-24/h2-10,12-13H,11H2,1H3,(H2,22,23,25)/t13-/m0/s1. The molecule has 0 bridgehead atoms. The van der Waals surface area contributed by atoms with E-state index in [1.807, 2.05) is 42.0 Å². The van der Waals surface area contributed by atoms with Gasteiger partial charge in [0, 0.05) is 30.2 Å². The van der Waals surface area contributed by atoms with Crippen LogP contribution in [0.1, 0.15) is 24.1 Å². The first-order valence-electron chi connectivity index (χ1n) is 7.85. The number of urea groups is 1. The number of carbonyl (C=O) groups is 1. The molecule has 25 heavy (non-hydrogen) atoms. The summed E-state index contributed by atoms with van der Waals surface area (Å²) in [4.78, 5) is 20.4. The van der Waals surface area contributed by atoms with Gasteiger partial charge in [0.05, 0.1) is 6.04 Å². The maximum absolute atomic E-state index is 12.0. The summed E-state index contributed by atoms with van der Waals surface area (Å²) >= 11 is 5.87. The highest BCUT2D eigenvalue weighted by Crippen LogP contribution is 2.15. The molecule has 2 aromatic heterocycles. The van der Waals surface area contributed by atoms with Crippen LogP contribution in [0, 0.1) is 0 Å². The van der Waals surface area contributed by atoms with E-state index in [1.54, 1.807) is 30.9 Å². The van der Waals surface area contributed by atoms with Gasteiger partial charge in [0.1, 0.15) is 12.1 Å². The normalized spacial score (nSPS) is 11.8. The summed E-state index contributed by atoms with van der Waals surface area (Å²) in [6.07, 6.45) is 6.94. The molecule has 0 saturated carbocycles. The van der Waals surface area contributed by atoms with Gasteiger partial charge in [0.2, 0.25) is 0 Å². The summed E-state index contributed by atoms with van der Waals surface area (Å²) in [6, 6.07) is 10.9. The van der Waals surface area contributed by atoms with E-state index in [0.717, 1.165) is 16.9 Å². The van der Waals surface area contributed by atoms with Crippen LogP contribution in [0.25, 0.3) is 5.82 Å². The monoisotopic (exact) mass is 355 g/mol. The quantitative estimate of drug-likeness (QED) is 0.736. The van der Waals surface area contributed by atoms with E-state index >= 15 is 0 Å². The minimum Gasteiger partial charge on any atom is -0.334 e. The van der Waals surface area contributed by atoms with Gasteiger partial charge < -0.3 is 10.6 Å². The molecule has 3 rings (SSSR count). The summed E-state index contributed by atoms with van der Waals surface area (Å²) < 4.78 is 1.82. The molecule has 2 amide bonds. The molecule has 0 aliphatic rings. The highest BCUT2D eigenvalue weighted by atomic mass is 35.5.